The number of rotatable bonds is 3. The Labute approximate surface area is 133 Å². The van der Waals surface area contributed by atoms with Crippen LogP contribution < -0.4 is 11.1 Å². The van der Waals surface area contributed by atoms with Gasteiger partial charge in [0.05, 0.1) is 5.54 Å². The lowest BCUT2D eigenvalue weighted by molar-refractivity contribution is 0.0903. The number of hydrogen-bond acceptors (Lipinski definition) is 2. The van der Waals surface area contributed by atoms with E-state index in [1.807, 2.05) is 30.3 Å². The van der Waals surface area contributed by atoms with Crippen molar-refractivity contribution in [3.05, 3.63) is 46.4 Å². The first kappa shape index (κ1) is 14.5. The third-order valence-electron chi connectivity index (χ3n) is 4.39. The van der Waals surface area contributed by atoms with Crippen molar-refractivity contribution in [1.82, 2.24) is 5.32 Å². The molecule has 0 atom stereocenters. The first-order chi connectivity index (χ1) is 10.1. The average molecular weight is 347 g/mol. The third kappa shape index (κ3) is 2.97. The number of hydrogen-bond donors (Lipinski definition) is 2. The van der Waals surface area contributed by atoms with Crippen LogP contribution in [-0.4, -0.2) is 18.0 Å². The third-order valence-corrected chi connectivity index (χ3v) is 4.89. The molecule has 1 aliphatic rings. The van der Waals surface area contributed by atoms with Crippen molar-refractivity contribution < 1.29 is 4.79 Å². The van der Waals surface area contributed by atoms with Gasteiger partial charge in [-0.2, -0.15) is 0 Å². The maximum absolute atomic E-state index is 12.5. The normalized spacial score (nSPS) is 17.0. The highest BCUT2D eigenvalue weighted by atomic mass is 79.9. The summed E-state index contributed by atoms with van der Waals surface area (Å²) in [5.74, 6) is -0.0211. The highest BCUT2D eigenvalue weighted by Crippen LogP contribution is 2.29. The van der Waals surface area contributed by atoms with E-state index in [-0.39, 0.29) is 11.4 Å². The number of carbonyl (C=O) groups excluding carboxylic acids is 1. The van der Waals surface area contributed by atoms with E-state index < -0.39 is 0 Å². The first-order valence-corrected chi connectivity index (χ1v) is 8.13. The largest absolute Gasteiger partial charge is 0.345 e. The zero-order valence-corrected chi connectivity index (χ0v) is 13.4. The second-order valence-corrected chi connectivity index (χ2v) is 6.77. The van der Waals surface area contributed by atoms with Gasteiger partial charge in [-0.3, -0.25) is 4.79 Å². The number of halogens is 1. The number of carbonyl (C=O) groups is 1. The Morgan fingerprint density at radius 3 is 2.52 bits per heavy atom. The van der Waals surface area contributed by atoms with Gasteiger partial charge >= 0.3 is 0 Å². The summed E-state index contributed by atoms with van der Waals surface area (Å²) >= 11 is 3.46. The zero-order chi connectivity index (χ0) is 14.9. The van der Waals surface area contributed by atoms with Crippen LogP contribution in [0.2, 0.25) is 0 Å². The molecule has 110 valence electrons. The maximum Gasteiger partial charge on any atom is 0.251 e. The molecule has 0 spiro atoms. The SMILES string of the molecule is NCC1(NC(=O)c2ccc3cc(Br)ccc3c2)CCCC1. The van der Waals surface area contributed by atoms with Crippen LogP contribution in [0.1, 0.15) is 36.0 Å². The highest BCUT2D eigenvalue weighted by Gasteiger charge is 2.34. The van der Waals surface area contributed by atoms with E-state index in [4.69, 9.17) is 5.73 Å². The topological polar surface area (TPSA) is 55.1 Å². The van der Waals surface area contributed by atoms with Crippen molar-refractivity contribution in [2.75, 3.05) is 6.54 Å². The van der Waals surface area contributed by atoms with Crippen molar-refractivity contribution in [3.63, 3.8) is 0 Å². The fraction of sp³-hybridized carbons (Fsp3) is 0.353. The molecule has 21 heavy (non-hydrogen) atoms. The highest BCUT2D eigenvalue weighted by molar-refractivity contribution is 9.10. The van der Waals surface area contributed by atoms with Gasteiger partial charge in [0.25, 0.3) is 5.91 Å². The molecular formula is C17H19BrN2O. The lowest BCUT2D eigenvalue weighted by Crippen LogP contribution is -2.51. The standard InChI is InChI=1S/C17H19BrN2O/c18-15-6-5-12-9-14(4-3-13(12)10-15)16(21)20-17(11-19)7-1-2-8-17/h3-6,9-10H,1-2,7-8,11,19H2,(H,20,21). The minimum Gasteiger partial charge on any atom is -0.345 e. The summed E-state index contributed by atoms with van der Waals surface area (Å²) in [6.45, 7) is 0.513. The average Bonchev–Trinajstić information content (AvgIpc) is 2.95. The molecule has 3 rings (SSSR count). The molecule has 2 aromatic rings. The van der Waals surface area contributed by atoms with Gasteiger partial charge in [-0.1, -0.05) is 40.9 Å². The van der Waals surface area contributed by atoms with Crippen LogP contribution in [-0.2, 0) is 0 Å². The second-order valence-electron chi connectivity index (χ2n) is 5.85. The van der Waals surface area contributed by atoms with Gasteiger partial charge in [-0.05, 0) is 47.9 Å². The molecule has 1 fully saturated rings. The van der Waals surface area contributed by atoms with E-state index in [0.29, 0.717) is 12.1 Å². The van der Waals surface area contributed by atoms with Crippen molar-refractivity contribution in [1.29, 1.82) is 0 Å². The lowest BCUT2D eigenvalue weighted by Gasteiger charge is -2.28. The molecule has 3 N–H and O–H groups in total. The fourth-order valence-electron chi connectivity index (χ4n) is 3.10. The molecule has 0 radical (unpaired) electrons. The van der Waals surface area contributed by atoms with Gasteiger partial charge in [-0.25, -0.2) is 0 Å². The molecule has 0 unspecified atom stereocenters. The molecule has 0 aromatic heterocycles. The monoisotopic (exact) mass is 346 g/mol. The lowest BCUT2D eigenvalue weighted by atomic mass is 9.97. The molecule has 1 aliphatic carbocycles. The summed E-state index contributed by atoms with van der Waals surface area (Å²) in [5, 5.41) is 5.35. The van der Waals surface area contributed by atoms with Crippen LogP contribution in [0.25, 0.3) is 10.8 Å². The molecule has 0 saturated heterocycles. The number of benzene rings is 2. The summed E-state index contributed by atoms with van der Waals surface area (Å²) in [6, 6.07) is 11.9. The van der Waals surface area contributed by atoms with Crippen LogP contribution in [0.15, 0.2) is 40.9 Å². The smallest absolute Gasteiger partial charge is 0.251 e. The van der Waals surface area contributed by atoms with Crippen LogP contribution in [0.4, 0.5) is 0 Å². The fourth-order valence-corrected chi connectivity index (χ4v) is 3.48. The van der Waals surface area contributed by atoms with Gasteiger partial charge < -0.3 is 11.1 Å². The number of nitrogens with one attached hydrogen (secondary N) is 1. The Bertz CT molecular complexity index is 678. The van der Waals surface area contributed by atoms with Crippen LogP contribution in [0.5, 0.6) is 0 Å². The zero-order valence-electron chi connectivity index (χ0n) is 11.9. The van der Waals surface area contributed by atoms with Crippen molar-refractivity contribution in [3.8, 4) is 0 Å². The number of fused-ring (bicyclic) bond motifs is 1. The van der Waals surface area contributed by atoms with Gasteiger partial charge in [0.1, 0.15) is 0 Å². The quantitative estimate of drug-likeness (QED) is 0.891. The Morgan fingerprint density at radius 2 is 1.81 bits per heavy atom. The first-order valence-electron chi connectivity index (χ1n) is 7.34. The van der Waals surface area contributed by atoms with E-state index in [9.17, 15) is 4.79 Å². The Kier molecular flexibility index (Phi) is 4.00. The molecule has 0 aliphatic heterocycles. The van der Waals surface area contributed by atoms with Gasteiger partial charge in [-0.15, -0.1) is 0 Å². The Morgan fingerprint density at radius 1 is 1.14 bits per heavy atom. The number of nitrogens with two attached hydrogens (primary N) is 1. The second kappa shape index (κ2) is 5.78. The predicted molar refractivity (Wildman–Crippen MR) is 89.4 cm³/mol. The van der Waals surface area contributed by atoms with Crippen molar-refractivity contribution in [2.24, 2.45) is 5.73 Å². The van der Waals surface area contributed by atoms with E-state index in [1.54, 1.807) is 0 Å². The van der Waals surface area contributed by atoms with Crippen LogP contribution in [0, 0.1) is 0 Å². The molecular weight excluding hydrogens is 328 g/mol. The molecule has 3 nitrogen and oxygen atoms in total. The predicted octanol–water partition coefficient (Wildman–Crippen LogP) is 3.60. The number of amides is 1. The minimum atomic E-state index is -0.203. The summed E-state index contributed by atoms with van der Waals surface area (Å²) < 4.78 is 1.04. The molecule has 1 amide bonds. The van der Waals surface area contributed by atoms with E-state index >= 15 is 0 Å². The summed E-state index contributed by atoms with van der Waals surface area (Å²) in [7, 11) is 0. The molecule has 1 saturated carbocycles. The minimum absolute atomic E-state index is 0.0211. The summed E-state index contributed by atoms with van der Waals surface area (Å²) in [4.78, 5) is 12.5. The summed E-state index contributed by atoms with van der Waals surface area (Å²) in [5.41, 5.74) is 6.38. The Balaban J connectivity index is 1.86. The maximum atomic E-state index is 12.5. The van der Waals surface area contributed by atoms with Crippen molar-refractivity contribution >= 4 is 32.6 Å². The molecule has 2 aromatic carbocycles. The van der Waals surface area contributed by atoms with Gasteiger partial charge in [0.15, 0.2) is 0 Å². The van der Waals surface area contributed by atoms with Gasteiger partial charge in [0.2, 0.25) is 0 Å². The van der Waals surface area contributed by atoms with Crippen molar-refractivity contribution in [2.45, 2.75) is 31.2 Å². The van der Waals surface area contributed by atoms with Crippen LogP contribution >= 0.6 is 15.9 Å². The molecule has 0 heterocycles. The van der Waals surface area contributed by atoms with Crippen LogP contribution in [0.3, 0.4) is 0 Å². The van der Waals surface area contributed by atoms with E-state index in [2.05, 4.69) is 27.3 Å². The molecule has 4 heteroatoms. The summed E-state index contributed by atoms with van der Waals surface area (Å²) in [6.07, 6.45) is 4.25. The van der Waals surface area contributed by atoms with E-state index in [0.717, 1.165) is 40.9 Å². The Hall–Kier alpha value is -1.39. The van der Waals surface area contributed by atoms with E-state index in [1.165, 1.54) is 0 Å². The molecule has 0 bridgehead atoms. The van der Waals surface area contributed by atoms with Gasteiger partial charge in [0, 0.05) is 16.6 Å².